The highest BCUT2D eigenvalue weighted by molar-refractivity contribution is 6.01. The number of rotatable bonds is 4. The summed E-state index contributed by atoms with van der Waals surface area (Å²) < 4.78 is 0. The van der Waals surface area contributed by atoms with Gasteiger partial charge in [-0.15, -0.1) is 0 Å². The maximum Gasteiger partial charge on any atom is 0.272 e. The van der Waals surface area contributed by atoms with Crippen molar-refractivity contribution >= 4 is 23.1 Å². The fraction of sp³-hybridized carbons (Fsp3) is 0.200. The number of anilines is 1. The number of non-ortho nitro benzene ring substituents is 1. The van der Waals surface area contributed by atoms with E-state index in [4.69, 9.17) is 0 Å². The van der Waals surface area contributed by atoms with Crippen LogP contribution in [0.3, 0.4) is 0 Å². The van der Waals surface area contributed by atoms with E-state index < -0.39 is 10.8 Å². The fourth-order valence-corrected chi connectivity index (χ4v) is 1.72. The number of aryl methyl sites for hydroxylation is 1. The Morgan fingerprint density at radius 2 is 1.69 bits per heavy atom. The molecule has 2 aromatic carbocycles. The Balaban J connectivity index is 0.000000575. The summed E-state index contributed by atoms with van der Waals surface area (Å²) in [6.45, 7) is 10.6. The quantitative estimate of drug-likeness (QED) is 0.363. The first-order chi connectivity index (χ1) is 12.3. The van der Waals surface area contributed by atoms with E-state index in [-0.39, 0.29) is 22.7 Å². The van der Waals surface area contributed by atoms with Crippen LogP contribution in [0.5, 0.6) is 0 Å². The van der Waals surface area contributed by atoms with E-state index in [0.29, 0.717) is 0 Å². The first kappa shape index (κ1) is 22.7. The first-order valence-corrected chi connectivity index (χ1v) is 8.09. The molecule has 0 radical (unpaired) electrons. The Kier molecular flexibility index (Phi) is 10.6. The minimum Gasteiger partial charge on any atom is -0.322 e. The van der Waals surface area contributed by atoms with Crippen molar-refractivity contribution in [3.8, 4) is 0 Å². The number of nitrogens with zero attached hydrogens (tertiary/aromatic N) is 1. The van der Waals surface area contributed by atoms with Crippen molar-refractivity contribution in [2.24, 2.45) is 0 Å². The molecule has 1 N–H and O–H groups in total. The van der Waals surface area contributed by atoms with Gasteiger partial charge in [0.1, 0.15) is 0 Å². The summed E-state index contributed by atoms with van der Waals surface area (Å²) in [5.74, 6) is -0.817. The Morgan fingerprint density at radius 3 is 2.08 bits per heavy atom. The Bertz CT molecular complexity index is 723. The third-order valence-electron chi connectivity index (χ3n) is 2.93. The van der Waals surface area contributed by atoms with Gasteiger partial charge in [-0.1, -0.05) is 56.3 Å². The van der Waals surface area contributed by atoms with Gasteiger partial charge in [-0.25, -0.2) is 0 Å². The van der Waals surface area contributed by atoms with E-state index in [9.17, 15) is 19.7 Å². The molecule has 0 bridgehead atoms. The summed E-state index contributed by atoms with van der Waals surface area (Å²) >= 11 is 0. The maximum atomic E-state index is 11.2. The van der Waals surface area contributed by atoms with E-state index in [1.807, 2.05) is 32.0 Å². The second-order valence-electron chi connectivity index (χ2n) is 4.93. The van der Waals surface area contributed by atoms with Gasteiger partial charge in [-0.3, -0.25) is 19.7 Å². The molecule has 0 aliphatic heterocycles. The number of hydrogen-bond acceptors (Lipinski definition) is 4. The zero-order chi connectivity index (χ0) is 20.1. The first-order valence-electron chi connectivity index (χ1n) is 8.09. The molecule has 0 aliphatic rings. The Labute approximate surface area is 153 Å². The normalized spacial score (nSPS) is 8.77. The molecule has 6 heteroatoms. The van der Waals surface area contributed by atoms with Crippen molar-refractivity contribution in [3.05, 3.63) is 82.4 Å². The van der Waals surface area contributed by atoms with E-state index in [1.165, 1.54) is 24.6 Å². The lowest BCUT2D eigenvalue weighted by atomic mass is 10.1. The van der Waals surface area contributed by atoms with Gasteiger partial charge in [0.05, 0.1) is 4.92 Å². The van der Waals surface area contributed by atoms with Crippen molar-refractivity contribution in [1.82, 2.24) is 0 Å². The average molecular weight is 356 g/mol. The largest absolute Gasteiger partial charge is 0.322 e. The van der Waals surface area contributed by atoms with Gasteiger partial charge in [-0.05, 0) is 26.0 Å². The van der Waals surface area contributed by atoms with E-state index >= 15 is 0 Å². The molecule has 0 heterocycles. The monoisotopic (exact) mass is 356 g/mol. The summed E-state index contributed by atoms with van der Waals surface area (Å²) in [5.41, 5.74) is 1.42. The molecular weight excluding hydrogens is 332 g/mol. The number of hydrogen-bond donors (Lipinski definition) is 1. The predicted octanol–water partition coefficient (Wildman–Crippen LogP) is 4.94. The van der Waals surface area contributed by atoms with Crippen LogP contribution in [0.4, 0.5) is 11.4 Å². The zero-order valence-corrected chi connectivity index (χ0v) is 15.5. The molecular formula is C20H24N2O4. The van der Waals surface area contributed by atoms with Crippen molar-refractivity contribution in [1.29, 1.82) is 0 Å². The van der Waals surface area contributed by atoms with E-state index in [2.05, 4.69) is 31.0 Å². The molecule has 6 nitrogen and oxygen atoms in total. The summed E-state index contributed by atoms with van der Waals surface area (Å²) in [6, 6.07) is 14.0. The summed E-state index contributed by atoms with van der Waals surface area (Å²) in [4.78, 5) is 32.2. The second-order valence-corrected chi connectivity index (χ2v) is 4.93. The van der Waals surface area contributed by atoms with Gasteiger partial charge >= 0.3 is 0 Å². The van der Waals surface area contributed by atoms with Crippen LogP contribution in [0.15, 0.2) is 61.2 Å². The fourth-order valence-electron chi connectivity index (χ4n) is 1.72. The Morgan fingerprint density at radius 1 is 1.12 bits per heavy atom. The molecule has 26 heavy (non-hydrogen) atoms. The molecule has 0 aliphatic carbocycles. The molecule has 2 rings (SSSR count). The van der Waals surface area contributed by atoms with Crippen LogP contribution in [0.2, 0.25) is 0 Å². The highest BCUT2D eigenvalue weighted by Crippen LogP contribution is 2.21. The summed E-state index contributed by atoms with van der Waals surface area (Å²) in [7, 11) is 0. The van der Waals surface area contributed by atoms with Gasteiger partial charge in [0.25, 0.3) is 5.69 Å². The second kappa shape index (κ2) is 12.1. The molecule has 1 amide bonds. The highest BCUT2D eigenvalue weighted by Gasteiger charge is 2.12. The average Bonchev–Trinajstić information content (AvgIpc) is 2.64. The van der Waals surface area contributed by atoms with Gasteiger partial charge in [0.2, 0.25) is 5.91 Å². The van der Waals surface area contributed by atoms with Crippen LogP contribution in [0.1, 0.15) is 36.7 Å². The number of carbonyl (C=O) groups excluding carboxylic acids is 2. The molecule has 138 valence electrons. The van der Waals surface area contributed by atoms with E-state index in [0.717, 1.165) is 12.1 Å². The maximum absolute atomic E-state index is 11.2. The number of amides is 1. The van der Waals surface area contributed by atoms with Crippen molar-refractivity contribution in [3.63, 3.8) is 0 Å². The minimum absolute atomic E-state index is 0.165. The lowest BCUT2D eigenvalue weighted by molar-refractivity contribution is -0.384. The molecule has 0 spiro atoms. The van der Waals surface area contributed by atoms with Gasteiger partial charge < -0.3 is 5.32 Å². The number of Topliss-reactive ketones (excluding diaryl/α,β-unsaturated/α-hetero) is 1. The lowest BCUT2D eigenvalue weighted by Crippen LogP contribution is -2.08. The van der Waals surface area contributed by atoms with Crippen molar-refractivity contribution in [2.75, 3.05) is 5.32 Å². The third-order valence-corrected chi connectivity index (χ3v) is 2.93. The lowest BCUT2D eigenvalue weighted by Gasteiger charge is -2.04. The van der Waals surface area contributed by atoms with Crippen LogP contribution in [-0.4, -0.2) is 16.6 Å². The van der Waals surface area contributed by atoms with Crippen LogP contribution in [-0.2, 0) is 4.79 Å². The molecule has 2 aromatic rings. The highest BCUT2D eigenvalue weighted by atomic mass is 16.6. The molecule has 0 atom stereocenters. The van der Waals surface area contributed by atoms with Crippen molar-refractivity contribution < 1.29 is 14.5 Å². The van der Waals surface area contributed by atoms with Crippen LogP contribution in [0.25, 0.3) is 0 Å². The number of benzene rings is 2. The van der Waals surface area contributed by atoms with E-state index in [1.54, 1.807) is 0 Å². The summed E-state index contributed by atoms with van der Waals surface area (Å²) in [5, 5.41) is 13.0. The molecule has 0 fully saturated rings. The number of carbonyl (C=O) groups is 2. The van der Waals surface area contributed by atoms with Gasteiger partial charge in [0.15, 0.2) is 5.78 Å². The smallest absolute Gasteiger partial charge is 0.272 e. The van der Waals surface area contributed by atoms with Crippen LogP contribution >= 0.6 is 0 Å². The predicted molar refractivity (Wildman–Crippen MR) is 104 cm³/mol. The zero-order valence-electron chi connectivity index (χ0n) is 15.5. The topological polar surface area (TPSA) is 89.3 Å². The number of nitrogens with one attached hydrogen (secondary N) is 1. The van der Waals surface area contributed by atoms with Gasteiger partial charge in [-0.2, -0.15) is 0 Å². The number of nitro benzene ring substituents is 1. The number of ketones is 1. The molecule has 0 saturated carbocycles. The molecule has 0 aromatic heterocycles. The van der Waals surface area contributed by atoms with Crippen LogP contribution < -0.4 is 5.32 Å². The number of nitro groups is 1. The molecule has 0 saturated heterocycles. The van der Waals surface area contributed by atoms with Crippen molar-refractivity contribution in [2.45, 2.75) is 27.7 Å². The van der Waals surface area contributed by atoms with Crippen LogP contribution in [0, 0.1) is 17.0 Å². The Hall–Kier alpha value is -3.28. The standard InChI is InChI=1S/C11H10N2O4.C7H8.C2H6/c1-3-11(15)12-9-4-8(7(2)14)5-10(6-9)13(16)17;1-7-5-3-2-4-6-7;1-2/h3-6H,1H2,2H3,(H,12,15);2-6H,1H3;1-2H3. The SMILES string of the molecule is C=CC(=O)Nc1cc(C(C)=O)cc([N+](=O)[O-])c1.CC.Cc1ccccc1. The molecule has 0 unspecified atom stereocenters. The third kappa shape index (κ3) is 8.54. The van der Waals surface area contributed by atoms with Gasteiger partial charge in [0, 0.05) is 23.4 Å². The minimum atomic E-state index is -0.629. The summed E-state index contributed by atoms with van der Waals surface area (Å²) in [6.07, 6.45) is 1.03.